The average molecular weight is 280 g/mol. The van der Waals surface area contributed by atoms with E-state index in [2.05, 4.69) is 0 Å². The molecule has 1 N–H and O–H groups in total. The van der Waals surface area contributed by atoms with Crippen LogP contribution in [0.1, 0.15) is 11.6 Å². The largest absolute Gasteiger partial charge is 0.479 e. The highest BCUT2D eigenvalue weighted by molar-refractivity contribution is 6.27. The molecule has 0 saturated heterocycles. The number of carbonyl (C=O) groups is 1. The minimum atomic E-state index is -1.15. The van der Waals surface area contributed by atoms with Crippen molar-refractivity contribution in [3.63, 3.8) is 0 Å². The Labute approximate surface area is 115 Å². The Hall–Kier alpha value is -2.07. The van der Waals surface area contributed by atoms with Crippen LogP contribution in [0.2, 0.25) is 0 Å². The molecule has 5 heteroatoms. The zero-order chi connectivity index (χ0) is 13.8. The first-order valence-corrected chi connectivity index (χ1v) is 5.92. The van der Waals surface area contributed by atoms with Crippen molar-refractivity contribution in [2.24, 2.45) is 0 Å². The fourth-order valence-corrected chi connectivity index (χ4v) is 2.10. The highest BCUT2D eigenvalue weighted by Crippen LogP contribution is 2.31. The van der Waals surface area contributed by atoms with Crippen LogP contribution < -0.4 is 4.42 Å². The molecular weight excluding hydrogens is 269 g/mol. The lowest BCUT2D eigenvalue weighted by Crippen LogP contribution is -2.27. The molecule has 0 heterocycles. The molecule has 3 nitrogen and oxygen atoms in total. The van der Waals surface area contributed by atoms with Gasteiger partial charge in [0.1, 0.15) is 5.82 Å². The SMILES string of the molecule is O=C(O)C(c1ccccc1)N(Cl)c1ccccc1F. The number of para-hydroxylation sites is 1. The van der Waals surface area contributed by atoms with E-state index in [4.69, 9.17) is 11.8 Å². The number of nitrogens with zero attached hydrogens (tertiary/aromatic N) is 1. The third kappa shape index (κ3) is 2.85. The monoisotopic (exact) mass is 279 g/mol. The molecule has 1 unspecified atom stereocenters. The summed E-state index contributed by atoms with van der Waals surface area (Å²) in [6, 6.07) is 13.1. The van der Waals surface area contributed by atoms with Gasteiger partial charge in [0.2, 0.25) is 0 Å². The number of anilines is 1. The van der Waals surface area contributed by atoms with Crippen molar-refractivity contribution in [3.8, 4) is 0 Å². The smallest absolute Gasteiger partial charge is 0.332 e. The quantitative estimate of drug-likeness (QED) is 0.869. The Morgan fingerprint density at radius 3 is 2.26 bits per heavy atom. The van der Waals surface area contributed by atoms with Crippen LogP contribution in [0.15, 0.2) is 54.6 Å². The Morgan fingerprint density at radius 2 is 1.68 bits per heavy atom. The molecule has 0 aliphatic rings. The second-order valence-electron chi connectivity index (χ2n) is 3.91. The van der Waals surface area contributed by atoms with Crippen molar-refractivity contribution in [3.05, 3.63) is 66.0 Å². The van der Waals surface area contributed by atoms with Gasteiger partial charge in [0.25, 0.3) is 0 Å². The molecule has 0 bridgehead atoms. The minimum Gasteiger partial charge on any atom is -0.479 e. The Bertz CT molecular complexity index is 577. The summed E-state index contributed by atoms with van der Waals surface area (Å²) in [4.78, 5) is 11.4. The summed E-state index contributed by atoms with van der Waals surface area (Å²) in [5.74, 6) is -1.72. The maximum Gasteiger partial charge on any atom is 0.332 e. The van der Waals surface area contributed by atoms with Crippen molar-refractivity contribution < 1.29 is 14.3 Å². The fraction of sp³-hybridized carbons (Fsp3) is 0.0714. The lowest BCUT2D eigenvalue weighted by Gasteiger charge is -2.24. The van der Waals surface area contributed by atoms with E-state index in [9.17, 15) is 14.3 Å². The Morgan fingerprint density at radius 1 is 1.11 bits per heavy atom. The van der Waals surface area contributed by atoms with Gasteiger partial charge in [-0.25, -0.2) is 9.18 Å². The molecule has 0 radical (unpaired) electrons. The zero-order valence-electron chi connectivity index (χ0n) is 9.83. The van der Waals surface area contributed by atoms with Gasteiger partial charge in [0, 0.05) is 11.8 Å². The lowest BCUT2D eigenvalue weighted by molar-refractivity contribution is -0.138. The predicted octanol–water partition coefficient (Wildman–Crippen LogP) is 3.61. The third-order valence-corrected chi connectivity index (χ3v) is 3.04. The van der Waals surface area contributed by atoms with Gasteiger partial charge >= 0.3 is 5.97 Å². The van der Waals surface area contributed by atoms with E-state index in [1.165, 1.54) is 18.2 Å². The van der Waals surface area contributed by atoms with Crippen molar-refractivity contribution in [2.75, 3.05) is 4.42 Å². The van der Waals surface area contributed by atoms with E-state index in [0.717, 1.165) is 4.42 Å². The summed E-state index contributed by atoms with van der Waals surface area (Å²) < 4.78 is 14.6. The molecule has 0 aliphatic carbocycles. The van der Waals surface area contributed by atoms with E-state index >= 15 is 0 Å². The second kappa shape index (κ2) is 5.71. The first kappa shape index (κ1) is 13.4. The van der Waals surface area contributed by atoms with Gasteiger partial charge in [-0.05, 0) is 17.7 Å². The van der Waals surface area contributed by atoms with E-state index in [-0.39, 0.29) is 5.69 Å². The number of aliphatic carboxylic acids is 1. The molecule has 0 amide bonds. The van der Waals surface area contributed by atoms with E-state index < -0.39 is 17.8 Å². The first-order valence-electron chi connectivity index (χ1n) is 5.58. The normalized spacial score (nSPS) is 11.9. The van der Waals surface area contributed by atoms with Crippen LogP contribution in [-0.2, 0) is 4.79 Å². The van der Waals surface area contributed by atoms with Crippen LogP contribution >= 0.6 is 11.8 Å². The number of carboxylic acid groups (broad SMARTS) is 1. The third-order valence-electron chi connectivity index (χ3n) is 2.66. The molecule has 2 aromatic carbocycles. The summed E-state index contributed by atoms with van der Waals surface area (Å²) in [6.07, 6.45) is 0. The standard InChI is InChI=1S/C14H11ClFNO2/c15-17(12-9-5-4-8-11(12)16)13(14(18)19)10-6-2-1-3-7-10/h1-9,13H,(H,18,19). The van der Waals surface area contributed by atoms with Crippen LogP contribution in [0.25, 0.3) is 0 Å². The summed E-state index contributed by atoms with van der Waals surface area (Å²) >= 11 is 6.02. The Balaban J connectivity index is 2.41. The molecule has 0 spiro atoms. The van der Waals surface area contributed by atoms with Crippen LogP contribution in [0.4, 0.5) is 10.1 Å². The molecule has 0 saturated carbocycles. The van der Waals surface area contributed by atoms with Gasteiger partial charge < -0.3 is 5.11 Å². The van der Waals surface area contributed by atoms with Gasteiger partial charge in [-0.2, -0.15) is 0 Å². The fourth-order valence-electron chi connectivity index (χ4n) is 1.77. The molecule has 1 atom stereocenters. The molecule has 0 fully saturated rings. The number of benzene rings is 2. The summed E-state index contributed by atoms with van der Waals surface area (Å²) in [5, 5.41) is 9.30. The summed E-state index contributed by atoms with van der Waals surface area (Å²) in [7, 11) is 0. The van der Waals surface area contributed by atoms with Crippen molar-refractivity contribution in [1.82, 2.24) is 0 Å². The van der Waals surface area contributed by atoms with E-state index in [1.807, 2.05) is 0 Å². The number of rotatable bonds is 4. The van der Waals surface area contributed by atoms with Crippen molar-refractivity contribution in [2.45, 2.75) is 6.04 Å². The molecule has 98 valence electrons. The number of hydrogen-bond acceptors (Lipinski definition) is 2. The van der Waals surface area contributed by atoms with Gasteiger partial charge in [0.15, 0.2) is 6.04 Å². The molecule has 2 rings (SSSR count). The molecule has 2 aromatic rings. The highest BCUT2D eigenvalue weighted by atomic mass is 35.5. The predicted molar refractivity (Wildman–Crippen MR) is 71.6 cm³/mol. The second-order valence-corrected chi connectivity index (χ2v) is 4.28. The van der Waals surface area contributed by atoms with Gasteiger partial charge in [-0.3, -0.25) is 4.42 Å². The van der Waals surface area contributed by atoms with Crippen LogP contribution in [0, 0.1) is 5.82 Å². The minimum absolute atomic E-state index is 0.0282. The van der Waals surface area contributed by atoms with Gasteiger partial charge in [-0.15, -0.1) is 0 Å². The summed E-state index contributed by atoms with van der Waals surface area (Å²) in [5.41, 5.74) is 0.508. The highest BCUT2D eigenvalue weighted by Gasteiger charge is 2.28. The maximum absolute atomic E-state index is 13.7. The first-order chi connectivity index (χ1) is 9.11. The number of carboxylic acids is 1. The van der Waals surface area contributed by atoms with Crippen molar-refractivity contribution in [1.29, 1.82) is 0 Å². The lowest BCUT2D eigenvalue weighted by atomic mass is 10.1. The topological polar surface area (TPSA) is 40.5 Å². The number of halogens is 2. The molecule has 0 aliphatic heterocycles. The maximum atomic E-state index is 13.7. The van der Waals surface area contributed by atoms with Crippen LogP contribution in [-0.4, -0.2) is 11.1 Å². The average Bonchev–Trinajstić information content (AvgIpc) is 2.40. The summed E-state index contributed by atoms with van der Waals surface area (Å²) in [6.45, 7) is 0. The van der Waals surface area contributed by atoms with E-state index in [0.29, 0.717) is 5.56 Å². The van der Waals surface area contributed by atoms with Crippen LogP contribution in [0.5, 0.6) is 0 Å². The van der Waals surface area contributed by atoms with Gasteiger partial charge in [-0.1, -0.05) is 42.5 Å². The number of hydrogen-bond donors (Lipinski definition) is 1. The van der Waals surface area contributed by atoms with Crippen LogP contribution in [0.3, 0.4) is 0 Å². The molecule has 19 heavy (non-hydrogen) atoms. The van der Waals surface area contributed by atoms with Gasteiger partial charge in [0.05, 0.1) is 5.69 Å². The molecule has 0 aromatic heterocycles. The van der Waals surface area contributed by atoms with Crippen molar-refractivity contribution >= 4 is 23.4 Å². The Kier molecular flexibility index (Phi) is 4.02. The molecular formula is C14H11ClFNO2. The van der Waals surface area contributed by atoms with E-state index in [1.54, 1.807) is 36.4 Å². The zero-order valence-corrected chi connectivity index (χ0v) is 10.6.